The van der Waals surface area contributed by atoms with Gasteiger partial charge in [-0.3, -0.25) is 4.79 Å². The van der Waals surface area contributed by atoms with Gasteiger partial charge in [0.25, 0.3) is 0 Å². The molecular weight excluding hydrogens is 300 g/mol. The SMILES string of the molecule is COc1cc(/C=C2\Oc3c(ccc(O)c3OC)C2=O)ccc1O. The van der Waals surface area contributed by atoms with Gasteiger partial charge < -0.3 is 24.4 Å². The number of phenols is 2. The zero-order chi connectivity index (χ0) is 16.6. The molecule has 3 rings (SSSR count). The Kier molecular flexibility index (Phi) is 3.57. The van der Waals surface area contributed by atoms with E-state index >= 15 is 0 Å². The van der Waals surface area contributed by atoms with E-state index in [1.165, 1.54) is 38.5 Å². The number of hydrogen-bond acceptors (Lipinski definition) is 6. The van der Waals surface area contributed by atoms with E-state index in [0.29, 0.717) is 11.1 Å². The van der Waals surface area contributed by atoms with Crippen molar-refractivity contribution >= 4 is 11.9 Å². The van der Waals surface area contributed by atoms with Crippen LogP contribution in [0.1, 0.15) is 15.9 Å². The zero-order valence-electron chi connectivity index (χ0n) is 12.5. The van der Waals surface area contributed by atoms with Gasteiger partial charge in [0, 0.05) is 0 Å². The Morgan fingerprint density at radius 3 is 2.48 bits per heavy atom. The van der Waals surface area contributed by atoms with Gasteiger partial charge in [-0.1, -0.05) is 6.07 Å². The number of fused-ring (bicyclic) bond motifs is 1. The molecule has 1 aliphatic rings. The Balaban J connectivity index is 2.02. The van der Waals surface area contributed by atoms with E-state index in [4.69, 9.17) is 14.2 Å². The van der Waals surface area contributed by atoms with E-state index in [1.807, 2.05) is 0 Å². The van der Waals surface area contributed by atoms with Crippen LogP contribution in [0.3, 0.4) is 0 Å². The average molecular weight is 314 g/mol. The normalized spacial score (nSPS) is 14.5. The molecule has 2 aromatic rings. The maximum absolute atomic E-state index is 12.4. The van der Waals surface area contributed by atoms with Gasteiger partial charge in [0.1, 0.15) is 0 Å². The Bertz CT molecular complexity index is 822. The van der Waals surface area contributed by atoms with Gasteiger partial charge in [-0.2, -0.15) is 0 Å². The number of methoxy groups -OCH3 is 2. The Hall–Kier alpha value is -3.15. The van der Waals surface area contributed by atoms with Crippen molar-refractivity contribution in [2.45, 2.75) is 0 Å². The van der Waals surface area contributed by atoms with Crippen LogP contribution < -0.4 is 14.2 Å². The molecular formula is C17H14O6. The lowest BCUT2D eigenvalue weighted by molar-refractivity contribution is 0.101. The summed E-state index contributed by atoms with van der Waals surface area (Å²) in [6, 6.07) is 7.53. The fraction of sp³-hybridized carbons (Fsp3) is 0.118. The lowest BCUT2D eigenvalue weighted by Crippen LogP contribution is -1.98. The lowest BCUT2D eigenvalue weighted by Gasteiger charge is -2.07. The standard InChI is InChI=1S/C17H14O6/c1-21-13-7-9(3-5-11(13)18)8-14-15(20)10-4-6-12(19)17(22-2)16(10)23-14/h3-8,18-19H,1-2H3/b14-8-. The number of aromatic hydroxyl groups is 2. The number of phenolic OH excluding ortho intramolecular Hbond substituents is 2. The molecule has 0 aromatic heterocycles. The summed E-state index contributed by atoms with van der Waals surface area (Å²) in [4.78, 5) is 12.4. The molecule has 0 amide bonds. The van der Waals surface area contributed by atoms with Crippen LogP contribution in [0.2, 0.25) is 0 Å². The van der Waals surface area contributed by atoms with Crippen LogP contribution in [0.25, 0.3) is 6.08 Å². The third-order valence-corrected chi connectivity index (χ3v) is 3.48. The molecule has 1 aliphatic heterocycles. The molecule has 0 saturated carbocycles. The number of carbonyl (C=O) groups is 1. The fourth-order valence-corrected chi connectivity index (χ4v) is 2.35. The summed E-state index contributed by atoms with van der Waals surface area (Å²) < 4.78 is 15.7. The number of Topliss-reactive ketones (excluding diaryl/α,β-unsaturated/α-hetero) is 1. The largest absolute Gasteiger partial charge is 0.504 e. The topological polar surface area (TPSA) is 85.2 Å². The summed E-state index contributed by atoms with van der Waals surface area (Å²) in [5.41, 5.74) is 0.940. The molecule has 0 atom stereocenters. The number of hydrogen-bond donors (Lipinski definition) is 2. The van der Waals surface area contributed by atoms with Crippen molar-refractivity contribution in [1.29, 1.82) is 0 Å². The lowest BCUT2D eigenvalue weighted by atomic mass is 10.1. The summed E-state index contributed by atoms with van der Waals surface area (Å²) in [5, 5.41) is 19.4. The van der Waals surface area contributed by atoms with Crippen molar-refractivity contribution in [3.8, 4) is 28.7 Å². The molecule has 2 aromatic carbocycles. The summed E-state index contributed by atoms with van der Waals surface area (Å²) >= 11 is 0. The van der Waals surface area contributed by atoms with Crippen LogP contribution in [-0.4, -0.2) is 30.2 Å². The first-order valence-corrected chi connectivity index (χ1v) is 6.76. The van der Waals surface area contributed by atoms with Gasteiger partial charge in [0.15, 0.2) is 28.8 Å². The number of ether oxygens (including phenoxy) is 3. The minimum Gasteiger partial charge on any atom is -0.504 e. The van der Waals surface area contributed by atoms with Gasteiger partial charge >= 0.3 is 0 Å². The highest BCUT2D eigenvalue weighted by Crippen LogP contribution is 2.45. The predicted octanol–water partition coefficient (Wildman–Crippen LogP) is 2.73. The van der Waals surface area contributed by atoms with Crippen molar-refractivity contribution in [3.05, 3.63) is 47.2 Å². The Labute approximate surface area is 132 Å². The van der Waals surface area contributed by atoms with Crippen molar-refractivity contribution in [2.75, 3.05) is 14.2 Å². The maximum Gasteiger partial charge on any atom is 0.232 e. The first-order chi connectivity index (χ1) is 11.0. The van der Waals surface area contributed by atoms with Gasteiger partial charge in [-0.05, 0) is 35.9 Å². The number of carbonyl (C=O) groups excluding carboxylic acids is 1. The summed E-state index contributed by atoms with van der Waals surface area (Å²) in [6.45, 7) is 0. The molecule has 0 spiro atoms. The molecule has 0 saturated heterocycles. The van der Waals surface area contributed by atoms with E-state index in [9.17, 15) is 15.0 Å². The highest BCUT2D eigenvalue weighted by Gasteiger charge is 2.31. The minimum atomic E-state index is -0.314. The monoisotopic (exact) mass is 314 g/mol. The van der Waals surface area contributed by atoms with E-state index in [1.54, 1.807) is 12.1 Å². The predicted molar refractivity (Wildman–Crippen MR) is 82.3 cm³/mol. The van der Waals surface area contributed by atoms with Crippen LogP contribution in [-0.2, 0) is 0 Å². The highest BCUT2D eigenvalue weighted by atomic mass is 16.5. The van der Waals surface area contributed by atoms with Crippen LogP contribution in [0.15, 0.2) is 36.1 Å². The fourth-order valence-electron chi connectivity index (χ4n) is 2.35. The molecule has 0 fully saturated rings. The molecule has 1 heterocycles. The summed E-state index contributed by atoms with van der Waals surface area (Å²) in [6.07, 6.45) is 1.53. The van der Waals surface area contributed by atoms with Crippen LogP contribution in [0.4, 0.5) is 0 Å². The van der Waals surface area contributed by atoms with E-state index in [-0.39, 0.29) is 40.3 Å². The van der Waals surface area contributed by atoms with Crippen molar-refractivity contribution in [2.24, 2.45) is 0 Å². The number of allylic oxidation sites excluding steroid dienone is 1. The van der Waals surface area contributed by atoms with Gasteiger partial charge in [0.2, 0.25) is 11.5 Å². The average Bonchev–Trinajstić information content (AvgIpc) is 2.85. The Morgan fingerprint density at radius 1 is 1.04 bits per heavy atom. The van der Waals surface area contributed by atoms with Crippen molar-refractivity contribution < 1.29 is 29.2 Å². The van der Waals surface area contributed by atoms with E-state index in [2.05, 4.69) is 0 Å². The second-order valence-corrected chi connectivity index (χ2v) is 4.87. The first-order valence-electron chi connectivity index (χ1n) is 6.76. The second kappa shape index (κ2) is 5.57. The van der Waals surface area contributed by atoms with Gasteiger partial charge in [0.05, 0.1) is 19.8 Å². The number of benzene rings is 2. The molecule has 2 N–H and O–H groups in total. The second-order valence-electron chi connectivity index (χ2n) is 4.87. The molecule has 0 bridgehead atoms. The quantitative estimate of drug-likeness (QED) is 0.847. The zero-order valence-corrected chi connectivity index (χ0v) is 12.5. The Morgan fingerprint density at radius 2 is 1.78 bits per heavy atom. The number of rotatable bonds is 3. The molecule has 6 heteroatoms. The van der Waals surface area contributed by atoms with E-state index < -0.39 is 0 Å². The third kappa shape index (κ3) is 2.44. The van der Waals surface area contributed by atoms with Gasteiger partial charge in [-0.15, -0.1) is 0 Å². The third-order valence-electron chi connectivity index (χ3n) is 3.48. The highest BCUT2D eigenvalue weighted by molar-refractivity contribution is 6.15. The molecule has 0 unspecified atom stereocenters. The molecule has 0 radical (unpaired) electrons. The van der Waals surface area contributed by atoms with Crippen molar-refractivity contribution in [1.82, 2.24) is 0 Å². The van der Waals surface area contributed by atoms with E-state index in [0.717, 1.165) is 0 Å². The first kappa shape index (κ1) is 14.8. The molecule has 118 valence electrons. The van der Waals surface area contributed by atoms with Crippen LogP contribution in [0.5, 0.6) is 28.7 Å². The summed E-state index contributed by atoms with van der Waals surface area (Å²) in [5.74, 6) is 0.270. The van der Waals surface area contributed by atoms with Crippen LogP contribution >= 0.6 is 0 Å². The van der Waals surface area contributed by atoms with Crippen LogP contribution in [0, 0.1) is 0 Å². The number of ketones is 1. The van der Waals surface area contributed by atoms with Gasteiger partial charge in [-0.25, -0.2) is 0 Å². The smallest absolute Gasteiger partial charge is 0.232 e. The maximum atomic E-state index is 12.4. The summed E-state index contributed by atoms with van der Waals surface area (Å²) in [7, 11) is 2.82. The van der Waals surface area contributed by atoms with Crippen molar-refractivity contribution in [3.63, 3.8) is 0 Å². The molecule has 23 heavy (non-hydrogen) atoms. The molecule has 6 nitrogen and oxygen atoms in total. The minimum absolute atomic E-state index is 0.00296. The molecule has 0 aliphatic carbocycles.